The van der Waals surface area contributed by atoms with Gasteiger partial charge in [-0.2, -0.15) is 5.10 Å². The zero-order valence-electron chi connectivity index (χ0n) is 9.43. The lowest BCUT2D eigenvalue weighted by Gasteiger charge is -2.06. The Kier molecular flexibility index (Phi) is 5.44. The number of aromatic nitrogens is 2. The molecule has 94 valence electrons. The van der Waals surface area contributed by atoms with Crippen molar-refractivity contribution in [3.8, 4) is 0 Å². The van der Waals surface area contributed by atoms with Crippen LogP contribution in [0.15, 0.2) is 17.4 Å². The van der Waals surface area contributed by atoms with Gasteiger partial charge in [-0.05, 0) is 6.07 Å². The van der Waals surface area contributed by atoms with Gasteiger partial charge in [-0.25, -0.2) is 10.1 Å². The van der Waals surface area contributed by atoms with Gasteiger partial charge in [-0.15, -0.1) is 0 Å². The molecule has 9 heteroatoms. The van der Waals surface area contributed by atoms with Gasteiger partial charge in [0.15, 0.2) is 5.03 Å². The molecule has 0 saturated heterocycles. The molecule has 9 nitrogen and oxygen atoms in total. The van der Waals surface area contributed by atoms with Crippen LogP contribution in [0, 0.1) is 10.1 Å². The highest BCUT2D eigenvalue weighted by atomic mass is 16.7. The van der Waals surface area contributed by atoms with Gasteiger partial charge in [0.25, 0.3) is 5.96 Å². The summed E-state index contributed by atoms with van der Waals surface area (Å²) in [6.45, 7) is 1.82. The lowest BCUT2D eigenvalue weighted by atomic mass is 10.4. The summed E-state index contributed by atoms with van der Waals surface area (Å²) in [5.41, 5.74) is 0.915. The van der Waals surface area contributed by atoms with Gasteiger partial charge in [0.1, 0.15) is 5.10 Å². The highest BCUT2D eigenvalue weighted by Gasteiger charge is 2.00. The van der Waals surface area contributed by atoms with Crippen molar-refractivity contribution in [1.82, 2.24) is 26.1 Å². The molecule has 0 aromatic carbocycles. The molecule has 0 bridgehead atoms. The predicted molar refractivity (Wildman–Crippen MR) is 61.8 cm³/mol. The van der Waals surface area contributed by atoms with Crippen LogP contribution in [-0.2, 0) is 6.54 Å². The molecule has 17 heavy (non-hydrogen) atoms. The van der Waals surface area contributed by atoms with Crippen molar-refractivity contribution in [3.63, 3.8) is 0 Å². The van der Waals surface area contributed by atoms with Crippen LogP contribution in [0.2, 0.25) is 0 Å². The Balaban J connectivity index is 2.13. The summed E-state index contributed by atoms with van der Waals surface area (Å²) < 4.78 is 0. The number of hydrazone groups is 1. The van der Waals surface area contributed by atoms with Gasteiger partial charge in [0.05, 0.1) is 5.69 Å². The van der Waals surface area contributed by atoms with E-state index < -0.39 is 5.03 Å². The van der Waals surface area contributed by atoms with Crippen LogP contribution in [0.3, 0.4) is 0 Å². The Hall–Kier alpha value is -2.16. The van der Waals surface area contributed by atoms with Crippen molar-refractivity contribution in [2.24, 2.45) is 5.10 Å². The highest BCUT2D eigenvalue weighted by molar-refractivity contribution is 5.78. The number of nitrogens with one attached hydrogen (secondary N) is 4. The molecule has 0 atom stereocenters. The van der Waals surface area contributed by atoms with Crippen LogP contribution < -0.4 is 16.0 Å². The average molecular weight is 241 g/mol. The van der Waals surface area contributed by atoms with Crippen molar-refractivity contribution in [3.05, 3.63) is 28.1 Å². The molecule has 0 aliphatic carbocycles. The first-order valence-corrected chi connectivity index (χ1v) is 5.06. The maximum Gasteiger partial charge on any atom is 0.268 e. The largest absolute Gasteiger partial charge is 0.354 e. The van der Waals surface area contributed by atoms with Gasteiger partial charge in [-0.3, -0.25) is 5.10 Å². The van der Waals surface area contributed by atoms with E-state index in [1.54, 1.807) is 13.2 Å². The van der Waals surface area contributed by atoms with Gasteiger partial charge < -0.3 is 16.0 Å². The zero-order valence-corrected chi connectivity index (χ0v) is 9.43. The molecule has 1 aromatic heterocycles. The van der Waals surface area contributed by atoms with E-state index in [1.165, 1.54) is 0 Å². The van der Waals surface area contributed by atoms with Crippen molar-refractivity contribution in [2.45, 2.75) is 6.54 Å². The minimum atomic E-state index is -0.754. The van der Waals surface area contributed by atoms with Crippen LogP contribution in [0.1, 0.15) is 5.69 Å². The number of nitro groups is 1. The summed E-state index contributed by atoms with van der Waals surface area (Å²) in [5, 5.41) is 27.7. The van der Waals surface area contributed by atoms with Crippen molar-refractivity contribution in [1.29, 1.82) is 0 Å². The molecule has 0 spiro atoms. The maximum absolute atomic E-state index is 10.1. The van der Waals surface area contributed by atoms with Gasteiger partial charge >= 0.3 is 0 Å². The molecule has 1 heterocycles. The van der Waals surface area contributed by atoms with E-state index in [1.807, 2.05) is 6.07 Å². The zero-order chi connectivity index (χ0) is 12.5. The second kappa shape index (κ2) is 7.17. The van der Waals surface area contributed by atoms with Gasteiger partial charge in [0, 0.05) is 32.9 Å². The van der Waals surface area contributed by atoms with E-state index in [9.17, 15) is 10.1 Å². The SMILES string of the molecule is CNC(=N[N+](=O)[O-])NCCNCc1cc[nH]n1. The summed E-state index contributed by atoms with van der Waals surface area (Å²) >= 11 is 0. The van der Waals surface area contributed by atoms with Gasteiger partial charge in [-0.1, -0.05) is 0 Å². The van der Waals surface area contributed by atoms with Crippen LogP contribution >= 0.6 is 0 Å². The van der Waals surface area contributed by atoms with E-state index in [0.717, 1.165) is 5.69 Å². The van der Waals surface area contributed by atoms with E-state index in [4.69, 9.17) is 0 Å². The second-order valence-corrected chi connectivity index (χ2v) is 3.11. The molecule has 0 saturated carbocycles. The van der Waals surface area contributed by atoms with E-state index in [2.05, 4.69) is 31.2 Å². The highest BCUT2D eigenvalue weighted by Crippen LogP contribution is 1.88. The van der Waals surface area contributed by atoms with Crippen LogP contribution in [0.25, 0.3) is 0 Å². The Labute approximate surface area is 97.8 Å². The van der Waals surface area contributed by atoms with Gasteiger partial charge in [0.2, 0.25) is 0 Å². The molecule has 0 radical (unpaired) electrons. The first-order chi connectivity index (χ1) is 8.22. The third-order valence-corrected chi connectivity index (χ3v) is 1.88. The fourth-order valence-corrected chi connectivity index (χ4v) is 1.13. The topological polar surface area (TPSA) is 120 Å². The first-order valence-electron chi connectivity index (χ1n) is 5.06. The van der Waals surface area contributed by atoms with Crippen LogP contribution in [0.5, 0.6) is 0 Å². The maximum atomic E-state index is 10.1. The molecular weight excluding hydrogens is 226 g/mol. The minimum Gasteiger partial charge on any atom is -0.354 e. The first kappa shape index (κ1) is 12.9. The normalized spacial score (nSPS) is 11.2. The summed E-state index contributed by atoms with van der Waals surface area (Å²) in [5.74, 6) is 0.136. The Morgan fingerprint density at radius 2 is 2.47 bits per heavy atom. The summed E-state index contributed by atoms with van der Waals surface area (Å²) in [7, 11) is 1.56. The van der Waals surface area contributed by atoms with Crippen molar-refractivity contribution >= 4 is 5.96 Å². The van der Waals surface area contributed by atoms with Crippen molar-refractivity contribution in [2.75, 3.05) is 20.1 Å². The molecule has 0 unspecified atom stereocenters. The lowest BCUT2D eigenvalue weighted by Crippen LogP contribution is -2.39. The number of nitrogens with zero attached hydrogens (tertiary/aromatic N) is 3. The van der Waals surface area contributed by atoms with E-state index >= 15 is 0 Å². The smallest absolute Gasteiger partial charge is 0.268 e. The number of guanidine groups is 1. The lowest BCUT2D eigenvalue weighted by molar-refractivity contribution is -0.485. The molecule has 4 N–H and O–H groups in total. The fourth-order valence-electron chi connectivity index (χ4n) is 1.13. The summed E-state index contributed by atoms with van der Waals surface area (Å²) in [6, 6.07) is 1.87. The number of aromatic amines is 1. The van der Waals surface area contributed by atoms with Crippen molar-refractivity contribution < 1.29 is 5.03 Å². The molecule has 0 fully saturated rings. The minimum absolute atomic E-state index is 0.136. The Bertz CT molecular complexity index is 362. The summed E-state index contributed by atoms with van der Waals surface area (Å²) in [6.07, 6.45) is 1.75. The molecule has 0 aliphatic rings. The number of rotatable bonds is 6. The van der Waals surface area contributed by atoms with Crippen LogP contribution in [-0.4, -0.2) is 41.3 Å². The predicted octanol–water partition coefficient (Wildman–Crippen LogP) is -1.14. The van der Waals surface area contributed by atoms with E-state index in [0.29, 0.717) is 19.6 Å². The fraction of sp³-hybridized carbons (Fsp3) is 0.500. The molecular formula is C8H15N7O2. The summed E-state index contributed by atoms with van der Waals surface area (Å²) in [4.78, 5) is 10.1. The molecule has 0 amide bonds. The third kappa shape index (κ3) is 5.47. The molecule has 1 aromatic rings. The van der Waals surface area contributed by atoms with Crippen LogP contribution in [0.4, 0.5) is 0 Å². The Morgan fingerprint density at radius 3 is 3.06 bits per heavy atom. The number of H-pyrrole nitrogens is 1. The monoisotopic (exact) mass is 241 g/mol. The number of hydrogen-bond acceptors (Lipinski definition) is 4. The number of hydrogen-bond donors (Lipinski definition) is 4. The quantitative estimate of drug-likeness (QED) is 0.164. The van der Waals surface area contributed by atoms with E-state index in [-0.39, 0.29) is 5.96 Å². The standard InChI is InChI=1S/C8H15N7O2/c1-9-8(14-15(16)17)11-5-4-10-6-7-2-3-12-13-7/h2-3,10H,4-6H2,1H3,(H,12,13)(H2,9,11,14). The molecule has 1 rings (SSSR count). The average Bonchev–Trinajstić information content (AvgIpc) is 2.79. The third-order valence-electron chi connectivity index (χ3n) is 1.88. The molecule has 0 aliphatic heterocycles. The Morgan fingerprint density at radius 1 is 1.65 bits per heavy atom. The second-order valence-electron chi connectivity index (χ2n) is 3.11.